The third kappa shape index (κ3) is 2.76. The molecule has 3 aromatic heterocycles. The van der Waals surface area contributed by atoms with Gasteiger partial charge in [-0.25, -0.2) is 9.97 Å². The molecule has 0 aromatic carbocycles. The maximum Gasteiger partial charge on any atom is 0.433 e. The molecular formula is C14H9F3N4O. The maximum atomic E-state index is 12.6. The van der Waals surface area contributed by atoms with Gasteiger partial charge < -0.3 is 9.72 Å². The normalized spacial score (nSPS) is 11.6. The van der Waals surface area contributed by atoms with Crippen molar-refractivity contribution in [2.45, 2.75) is 6.18 Å². The van der Waals surface area contributed by atoms with Crippen molar-refractivity contribution in [3.05, 3.63) is 60.2 Å². The maximum absolute atomic E-state index is 12.6. The quantitative estimate of drug-likeness (QED) is 0.792. The molecule has 0 aliphatic carbocycles. The Morgan fingerprint density at radius 1 is 1.09 bits per heavy atom. The van der Waals surface area contributed by atoms with Crippen molar-refractivity contribution in [3.8, 4) is 0 Å². The lowest BCUT2D eigenvalue weighted by Crippen LogP contribution is -2.15. The molecule has 3 heterocycles. The number of alkyl halides is 3. The van der Waals surface area contributed by atoms with Crippen LogP contribution in [0.1, 0.15) is 16.2 Å². The standard InChI is InChI=1S/C14H9F3N4O/c15-14(16,17)10-4-3-5-11(19-10)20-13(22)9-8-21-7-2-1-6-12(21)18-9/h1-8H,(H,19,20,22). The van der Waals surface area contributed by atoms with Gasteiger partial charge >= 0.3 is 6.18 Å². The number of carbonyl (C=O) groups excluding carboxylic acids is 1. The van der Waals surface area contributed by atoms with Crippen LogP contribution < -0.4 is 5.32 Å². The molecule has 1 amide bonds. The summed E-state index contributed by atoms with van der Waals surface area (Å²) < 4.78 is 39.4. The first-order valence-electron chi connectivity index (χ1n) is 6.23. The van der Waals surface area contributed by atoms with Gasteiger partial charge in [-0.15, -0.1) is 0 Å². The largest absolute Gasteiger partial charge is 0.433 e. The van der Waals surface area contributed by atoms with Gasteiger partial charge in [-0.1, -0.05) is 12.1 Å². The molecule has 0 saturated heterocycles. The summed E-state index contributed by atoms with van der Waals surface area (Å²) in [5.41, 5.74) is -0.421. The van der Waals surface area contributed by atoms with Crippen molar-refractivity contribution in [1.82, 2.24) is 14.4 Å². The summed E-state index contributed by atoms with van der Waals surface area (Å²) in [5, 5.41) is 2.31. The van der Waals surface area contributed by atoms with Gasteiger partial charge in [-0.3, -0.25) is 4.79 Å². The van der Waals surface area contributed by atoms with Crippen molar-refractivity contribution < 1.29 is 18.0 Å². The molecule has 3 rings (SSSR count). The van der Waals surface area contributed by atoms with Gasteiger partial charge in [0.25, 0.3) is 5.91 Å². The molecule has 0 bridgehead atoms. The average Bonchev–Trinajstić information content (AvgIpc) is 2.90. The summed E-state index contributed by atoms with van der Waals surface area (Å²) in [6.45, 7) is 0. The van der Waals surface area contributed by atoms with E-state index in [4.69, 9.17) is 0 Å². The van der Waals surface area contributed by atoms with Gasteiger partial charge in [0, 0.05) is 12.4 Å². The van der Waals surface area contributed by atoms with Gasteiger partial charge in [0.15, 0.2) is 0 Å². The first-order chi connectivity index (χ1) is 10.4. The van der Waals surface area contributed by atoms with Crippen molar-refractivity contribution in [2.75, 3.05) is 5.32 Å². The molecule has 0 aliphatic heterocycles. The predicted molar refractivity (Wildman–Crippen MR) is 72.4 cm³/mol. The number of halogens is 3. The van der Waals surface area contributed by atoms with E-state index in [0.717, 1.165) is 6.07 Å². The van der Waals surface area contributed by atoms with Crippen LogP contribution in [0.3, 0.4) is 0 Å². The first-order valence-corrected chi connectivity index (χ1v) is 6.23. The van der Waals surface area contributed by atoms with E-state index in [9.17, 15) is 18.0 Å². The van der Waals surface area contributed by atoms with E-state index in [0.29, 0.717) is 5.65 Å². The minimum atomic E-state index is -4.57. The predicted octanol–water partition coefficient (Wildman–Crippen LogP) is 3.00. The van der Waals surface area contributed by atoms with Crippen LogP contribution in [0.4, 0.5) is 19.0 Å². The van der Waals surface area contributed by atoms with Crippen molar-refractivity contribution in [2.24, 2.45) is 0 Å². The highest BCUT2D eigenvalue weighted by Gasteiger charge is 2.32. The zero-order valence-electron chi connectivity index (χ0n) is 11.0. The van der Waals surface area contributed by atoms with Crippen LogP contribution in [-0.2, 0) is 6.18 Å². The Morgan fingerprint density at radius 2 is 1.91 bits per heavy atom. The van der Waals surface area contributed by atoms with Crippen molar-refractivity contribution in [3.63, 3.8) is 0 Å². The fourth-order valence-corrected chi connectivity index (χ4v) is 1.89. The number of nitrogens with zero attached hydrogens (tertiary/aromatic N) is 3. The lowest BCUT2D eigenvalue weighted by atomic mass is 10.3. The van der Waals surface area contributed by atoms with Gasteiger partial charge in [-0.2, -0.15) is 13.2 Å². The fraction of sp³-hybridized carbons (Fsp3) is 0.0714. The van der Waals surface area contributed by atoms with Gasteiger partial charge in [0.1, 0.15) is 22.9 Å². The number of fused-ring (bicyclic) bond motifs is 1. The number of aromatic nitrogens is 3. The number of pyridine rings is 2. The van der Waals surface area contributed by atoms with Crippen LogP contribution in [0.25, 0.3) is 5.65 Å². The molecule has 0 saturated carbocycles. The highest BCUT2D eigenvalue weighted by atomic mass is 19.4. The zero-order chi connectivity index (χ0) is 15.7. The van der Waals surface area contributed by atoms with Gasteiger partial charge in [0.2, 0.25) is 0 Å². The number of hydrogen-bond acceptors (Lipinski definition) is 3. The number of hydrogen-bond donors (Lipinski definition) is 1. The van der Waals surface area contributed by atoms with Crippen LogP contribution in [0.2, 0.25) is 0 Å². The molecule has 0 unspecified atom stereocenters. The summed E-state index contributed by atoms with van der Waals surface area (Å²) in [7, 11) is 0. The molecule has 0 aliphatic rings. The molecule has 0 fully saturated rings. The number of rotatable bonds is 2. The topological polar surface area (TPSA) is 59.3 Å². The van der Waals surface area contributed by atoms with Crippen molar-refractivity contribution in [1.29, 1.82) is 0 Å². The second kappa shape index (κ2) is 5.14. The number of nitrogens with one attached hydrogen (secondary N) is 1. The van der Waals surface area contributed by atoms with Crippen LogP contribution in [0.15, 0.2) is 48.8 Å². The van der Waals surface area contributed by atoms with E-state index in [1.807, 2.05) is 0 Å². The van der Waals surface area contributed by atoms with Crippen LogP contribution in [0.5, 0.6) is 0 Å². The second-order valence-corrected chi connectivity index (χ2v) is 4.45. The average molecular weight is 306 g/mol. The molecule has 5 nitrogen and oxygen atoms in total. The lowest BCUT2D eigenvalue weighted by molar-refractivity contribution is -0.141. The third-order valence-electron chi connectivity index (χ3n) is 2.88. The van der Waals surface area contributed by atoms with E-state index >= 15 is 0 Å². The number of amides is 1. The van der Waals surface area contributed by atoms with Gasteiger partial charge in [0.05, 0.1) is 0 Å². The van der Waals surface area contributed by atoms with Crippen molar-refractivity contribution >= 4 is 17.4 Å². The minimum Gasteiger partial charge on any atom is -0.306 e. The van der Waals surface area contributed by atoms with Gasteiger partial charge in [-0.05, 0) is 24.3 Å². The Balaban J connectivity index is 1.85. The Kier molecular flexibility index (Phi) is 3.28. The number of imidazole rings is 1. The highest BCUT2D eigenvalue weighted by Crippen LogP contribution is 2.28. The van der Waals surface area contributed by atoms with E-state index in [1.165, 1.54) is 18.3 Å². The molecule has 3 aromatic rings. The second-order valence-electron chi connectivity index (χ2n) is 4.45. The molecule has 0 spiro atoms. The van der Waals surface area contributed by atoms with E-state index in [-0.39, 0.29) is 11.5 Å². The molecule has 0 atom stereocenters. The fourth-order valence-electron chi connectivity index (χ4n) is 1.89. The SMILES string of the molecule is O=C(Nc1cccc(C(F)(F)F)n1)c1cn2ccccc2n1. The van der Waals surface area contributed by atoms with E-state index in [1.54, 1.807) is 28.8 Å². The smallest absolute Gasteiger partial charge is 0.306 e. The summed E-state index contributed by atoms with van der Waals surface area (Å²) in [4.78, 5) is 19.5. The Bertz CT molecular complexity index is 808. The first kappa shape index (κ1) is 14.1. The van der Waals surface area contributed by atoms with Crippen LogP contribution >= 0.6 is 0 Å². The summed E-state index contributed by atoms with van der Waals surface area (Å²) in [6.07, 6.45) is -1.37. The van der Waals surface area contributed by atoms with E-state index in [2.05, 4.69) is 15.3 Å². The molecule has 8 heteroatoms. The number of carbonyl (C=O) groups is 1. The minimum absolute atomic E-state index is 0.0883. The lowest BCUT2D eigenvalue weighted by Gasteiger charge is -2.07. The zero-order valence-corrected chi connectivity index (χ0v) is 11.0. The molecule has 1 N–H and O–H groups in total. The highest BCUT2D eigenvalue weighted by molar-refractivity contribution is 6.02. The van der Waals surface area contributed by atoms with E-state index < -0.39 is 17.8 Å². The Morgan fingerprint density at radius 3 is 2.64 bits per heavy atom. The molecular weight excluding hydrogens is 297 g/mol. The Hall–Kier alpha value is -2.90. The Labute approximate surface area is 122 Å². The van der Waals surface area contributed by atoms with Crippen LogP contribution in [-0.4, -0.2) is 20.3 Å². The number of anilines is 1. The monoisotopic (exact) mass is 306 g/mol. The molecule has 0 radical (unpaired) electrons. The summed E-state index contributed by atoms with van der Waals surface area (Å²) >= 11 is 0. The molecule has 112 valence electrons. The summed E-state index contributed by atoms with van der Waals surface area (Å²) in [6, 6.07) is 8.53. The third-order valence-corrected chi connectivity index (χ3v) is 2.88. The van der Waals surface area contributed by atoms with Crippen LogP contribution in [0, 0.1) is 0 Å². The summed E-state index contributed by atoms with van der Waals surface area (Å²) in [5.74, 6) is -0.813. The molecule has 22 heavy (non-hydrogen) atoms.